The maximum Gasteiger partial charge on any atom is 0.299 e. The molecule has 94 valence electrons. The highest BCUT2D eigenvalue weighted by Gasteiger charge is 2.19. The van der Waals surface area contributed by atoms with Gasteiger partial charge in [0, 0.05) is 11.1 Å². The van der Waals surface area contributed by atoms with E-state index >= 15 is 0 Å². The number of benzene rings is 1. The van der Waals surface area contributed by atoms with E-state index in [-0.39, 0.29) is 0 Å². The first-order valence-corrected chi connectivity index (χ1v) is 6.57. The van der Waals surface area contributed by atoms with Crippen LogP contribution in [0.4, 0.5) is 5.69 Å². The van der Waals surface area contributed by atoms with E-state index in [0.29, 0.717) is 17.5 Å². The number of rotatable bonds is 4. The third-order valence-corrected chi connectivity index (χ3v) is 3.10. The van der Waals surface area contributed by atoms with Gasteiger partial charge >= 0.3 is 0 Å². The van der Waals surface area contributed by atoms with Crippen LogP contribution in [0.1, 0.15) is 31.1 Å². The minimum Gasteiger partial charge on any atom is -0.298 e. The summed E-state index contributed by atoms with van der Waals surface area (Å²) in [6.07, 6.45) is 0.662. The second-order valence-corrected chi connectivity index (χ2v) is 6.12. The van der Waals surface area contributed by atoms with E-state index in [0.717, 1.165) is 0 Å². The van der Waals surface area contributed by atoms with Gasteiger partial charge in [0.25, 0.3) is 10.2 Å². The lowest BCUT2D eigenvalue weighted by molar-refractivity contribution is 0.112. The molecule has 6 heteroatoms. The maximum absolute atomic E-state index is 11.7. The van der Waals surface area contributed by atoms with Crippen LogP contribution < -0.4 is 9.44 Å². The van der Waals surface area contributed by atoms with Crippen molar-refractivity contribution in [3.8, 4) is 0 Å². The molecule has 1 aromatic carbocycles. The Morgan fingerprint density at radius 2 is 1.88 bits per heavy atom. The molecular weight excluding hydrogens is 240 g/mol. The van der Waals surface area contributed by atoms with Crippen molar-refractivity contribution in [2.24, 2.45) is 0 Å². The van der Waals surface area contributed by atoms with Gasteiger partial charge < -0.3 is 0 Å². The molecule has 1 aromatic rings. The molecule has 0 aliphatic heterocycles. The Kier molecular flexibility index (Phi) is 3.90. The maximum atomic E-state index is 11.7. The third kappa shape index (κ3) is 4.97. The predicted octanol–water partition coefficient (Wildman–Crippen LogP) is 1.54. The number of nitrogens with one attached hydrogen (secondary N) is 2. The zero-order valence-electron chi connectivity index (χ0n) is 10.0. The summed E-state index contributed by atoms with van der Waals surface area (Å²) in [5, 5.41) is 0. The van der Waals surface area contributed by atoms with Crippen molar-refractivity contribution in [2.45, 2.75) is 26.3 Å². The fraction of sp³-hybridized carbons (Fsp3) is 0.364. The Bertz CT molecular complexity index is 504. The van der Waals surface area contributed by atoms with Crippen LogP contribution >= 0.6 is 0 Å². The quantitative estimate of drug-likeness (QED) is 0.802. The Morgan fingerprint density at radius 3 is 2.41 bits per heavy atom. The zero-order chi connectivity index (χ0) is 13.1. The van der Waals surface area contributed by atoms with Gasteiger partial charge in [0.15, 0.2) is 0 Å². The SMILES string of the molecule is CC(C)(C)NS(=O)(=O)Nc1cccc(C=O)c1. The van der Waals surface area contributed by atoms with Crippen LogP contribution in [-0.2, 0) is 10.2 Å². The highest BCUT2D eigenvalue weighted by molar-refractivity contribution is 7.90. The summed E-state index contributed by atoms with van der Waals surface area (Å²) >= 11 is 0. The van der Waals surface area contributed by atoms with Crippen molar-refractivity contribution >= 4 is 22.2 Å². The number of hydrogen-bond acceptors (Lipinski definition) is 3. The zero-order valence-corrected chi connectivity index (χ0v) is 10.8. The molecule has 17 heavy (non-hydrogen) atoms. The number of carbonyl (C=O) groups is 1. The lowest BCUT2D eigenvalue weighted by atomic mass is 10.1. The average Bonchev–Trinajstić information content (AvgIpc) is 2.13. The average molecular weight is 256 g/mol. The number of carbonyl (C=O) groups excluding carboxylic acids is 1. The van der Waals surface area contributed by atoms with Gasteiger partial charge in [0.05, 0.1) is 5.69 Å². The van der Waals surface area contributed by atoms with Crippen molar-refractivity contribution in [3.63, 3.8) is 0 Å². The molecule has 0 radical (unpaired) electrons. The summed E-state index contributed by atoms with van der Waals surface area (Å²) in [7, 11) is -3.63. The molecule has 5 nitrogen and oxygen atoms in total. The molecular formula is C11H16N2O3S. The van der Waals surface area contributed by atoms with Crippen molar-refractivity contribution in [1.29, 1.82) is 0 Å². The van der Waals surface area contributed by atoms with Crippen molar-refractivity contribution < 1.29 is 13.2 Å². The second-order valence-electron chi connectivity index (χ2n) is 4.70. The molecule has 0 aliphatic carbocycles. The number of aldehydes is 1. The van der Waals surface area contributed by atoms with Crippen LogP contribution in [0.5, 0.6) is 0 Å². The second kappa shape index (κ2) is 4.85. The van der Waals surface area contributed by atoms with Crippen molar-refractivity contribution in [3.05, 3.63) is 29.8 Å². The third-order valence-electron chi connectivity index (χ3n) is 1.72. The summed E-state index contributed by atoms with van der Waals surface area (Å²) in [5.41, 5.74) is 0.209. The van der Waals surface area contributed by atoms with Gasteiger partial charge in [-0.25, -0.2) is 0 Å². The topological polar surface area (TPSA) is 75.3 Å². The molecule has 0 saturated carbocycles. The van der Waals surface area contributed by atoms with E-state index in [1.54, 1.807) is 39.0 Å². The van der Waals surface area contributed by atoms with Gasteiger partial charge in [-0.2, -0.15) is 13.1 Å². The van der Waals surface area contributed by atoms with Crippen LogP contribution in [0.2, 0.25) is 0 Å². The smallest absolute Gasteiger partial charge is 0.298 e. The minimum absolute atomic E-state index is 0.353. The molecule has 0 fully saturated rings. The van der Waals surface area contributed by atoms with E-state index in [2.05, 4.69) is 9.44 Å². The van der Waals surface area contributed by atoms with Crippen LogP contribution in [0.15, 0.2) is 24.3 Å². The van der Waals surface area contributed by atoms with Gasteiger partial charge in [-0.3, -0.25) is 9.52 Å². The van der Waals surface area contributed by atoms with E-state index < -0.39 is 15.7 Å². The summed E-state index contributed by atoms with van der Waals surface area (Å²) in [5.74, 6) is 0. The van der Waals surface area contributed by atoms with Crippen LogP contribution in [0.3, 0.4) is 0 Å². The molecule has 0 unspecified atom stereocenters. The minimum atomic E-state index is -3.63. The molecule has 0 saturated heterocycles. The van der Waals surface area contributed by atoms with Gasteiger partial charge in [0.2, 0.25) is 0 Å². The normalized spacial score (nSPS) is 12.2. The molecule has 0 bridgehead atoms. The van der Waals surface area contributed by atoms with Crippen LogP contribution in [0.25, 0.3) is 0 Å². The fourth-order valence-corrected chi connectivity index (χ4v) is 2.55. The summed E-state index contributed by atoms with van der Waals surface area (Å²) in [6.45, 7) is 5.23. The van der Waals surface area contributed by atoms with Gasteiger partial charge in [0.1, 0.15) is 6.29 Å². The molecule has 0 spiro atoms. The Balaban J connectivity index is 2.86. The Morgan fingerprint density at radius 1 is 1.24 bits per heavy atom. The molecule has 0 heterocycles. The Hall–Kier alpha value is -1.40. The van der Waals surface area contributed by atoms with E-state index in [1.165, 1.54) is 6.07 Å². The highest BCUT2D eigenvalue weighted by Crippen LogP contribution is 2.11. The molecule has 0 aliphatic rings. The fourth-order valence-electron chi connectivity index (χ4n) is 1.26. The van der Waals surface area contributed by atoms with Crippen molar-refractivity contribution in [2.75, 3.05) is 4.72 Å². The molecule has 2 N–H and O–H groups in total. The predicted molar refractivity (Wildman–Crippen MR) is 67.3 cm³/mol. The summed E-state index contributed by atoms with van der Waals surface area (Å²) < 4.78 is 28.2. The van der Waals surface area contributed by atoms with Crippen LogP contribution in [0, 0.1) is 0 Å². The van der Waals surface area contributed by atoms with Gasteiger partial charge in [-0.15, -0.1) is 0 Å². The van der Waals surface area contributed by atoms with E-state index in [1.807, 2.05) is 0 Å². The monoisotopic (exact) mass is 256 g/mol. The number of anilines is 1. The van der Waals surface area contributed by atoms with E-state index in [9.17, 15) is 13.2 Å². The Labute approximate surface area is 101 Å². The first-order chi connectivity index (χ1) is 7.72. The first-order valence-electron chi connectivity index (χ1n) is 5.09. The largest absolute Gasteiger partial charge is 0.299 e. The molecule has 0 atom stereocenters. The van der Waals surface area contributed by atoms with E-state index in [4.69, 9.17) is 0 Å². The van der Waals surface area contributed by atoms with Gasteiger partial charge in [-0.05, 0) is 32.9 Å². The molecule has 0 aromatic heterocycles. The highest BCUT2D eigenvalue weighted by atomic mass is 32.2. The summed E-state index contributed by atoms with van der Waals surface area (Å²) in [6, 6.07) is 6.25. The molecule has 0 amide bonds. The first kappa shape index (κ1) is 13.7. The van der Waals surface area contributed by atoms with Gasteiger partial charge in [-0.1, -0.05) is 12.1 Å². The van der Waals surface area contributed by atoms with Crippen LogP contribution in [-0.4, -0.2) is 20.2 Å². The van der Waals surface area contributed by atoms with Crippen molar-refractivity contribution in [1.82, 2.24) is 4.72 Å². The summed E-state index contributed by atoms with van der Waals surface area (Å²) in [4.78, 5) is 10.6. The number of hydrogen-bond donors (Lipinski definition) is 2. The lowest BCUT2D eigenvalue weighted by Gasteiger charge is -2.20. The lowest BCUT2D eigenvalue weighted by Crippen LogP contribution is -2.43. The standard InChI is InChI=1S/C11H16N2O3S/c1-11(2,3)13-17(15,16)12-10-6-4-5-9(7-10)8-14/h4-8,12-13H,1-3H3. The molecule has 1 rings (SSSR count).